The molecule has 1 aromatic rings. The van der Waals surface area contributed by atoms with Crippen molar-refractivity contribution in [1.29, 1.82) is 0 Å². The summed E-state index contributed by atoms with van der Waals surface area (Å²) in [4.78, 5) is 12.7. The van der Waals surface area contributed by atoms with Gasteiger partial charge in [-0.1, -0.05) is 12.1 Å². The minimum absolute atomic E-state index is 0.0545. The number of carbonyl (C=O) groups excluding carboxylic acids is 1. The molecule has 144 valence electrons. The zero-order valence-corrected chi connectivity index (χ0v) is 15.9. The smallest absolute Gasteiger partial charge is 0.255 e. The highest BCUT2D eigenvalue weighted by molar-refractivity contribution is 5.97. The lowest BCUT2D eigenvalue weighted by atomic mass is 9.92. The SMILES string of the molecule is CC(C)OC1CCC(NC(=O)c2ccccc2OCC2CCCO2)CC1. The van der Waals surface area contributed by atoms with Gasteiger partial charge < -0.3 is 19.5 Å². The van der Waals surface area contributed by atoms with Crippen molar-refractivity contribution in [3.05, 3.63) is 29.8 Å². The minimum atomic E-state index is -0.0545. The van der Waals surface area contributed by atoms with Crippen LogP contribution in [0.3, 0.4) is 0 Å². The highest BCUT2D eigenvalue weighted by Gasteiger charge is 2.25. The molecular weight excluding hydrogens is 330 g/mol. The second kappa shape index (κ2) is 9.38. The van der Waals surface area contributed by atoms with Gasteiger partial charge in [0.2, 0.25) is 0 Å². The van der Waals surface area contributed by atoms with E-state index in [-0.39, 0.29) is 24.2 Å². The first-order valence-corrected chi connectivity index (χ1v) is 9.91. The molecule has 1 unspecified atom stereocenters. The van der Waals surface area contributed by atoms with E-state index in [4.69, 9.17) is 14.2 Å². The third-order valence-electron chi connectivity index (χ3n) is 5.05. The summed E-state index contributed by atoms with van der Waals surface area (Å²) in [6.45, 7) is 5.45. The van der Waals surface area contributed by atoms with Crippen LogP contribution in [0.15, 0.2) is 24.3 Å². The summed E-state index contributed by atoms with van der Waals surface area (Å²) in [5.41, 5.74) is 0.603. The van der Waals surface area contributed by atoms with E-state index in [2.05, 4.69) is 19.2 Å². The van der Waals surface area contributed by atoms with Gasteiger partial charge in [-0.25, -0.2) is 0 Å². The van der Waals surface area contributed by atoms with E-state index >= 15 is 0 Å². The predicted octanol–water partition coefficient (Wildman–Crippen LogP) is 3.71. The number of ether oxygens (including phenoxy) is 3. The van der Waals surface area contributed by atoms with Crippen LogP contribution in [0.2, 0.25) is 0 Å². The van der Waals surface area contributed by atoms with Crippen molar-refractivity contribution in [2.75, 3.05) is 13.2 Å². The van der Waals surface area contributed by atoms with Gasteiger partial charge in [0.05, 0.1) is 23.9 Å². The van der Waals surface area contributed by atoms with Crippen LogP contribution in [-0.2, 0) is 9.47 Å². The van der Waals surface area contributed by atoms with Crippen LogP contribution in [0.5, 0.6) is 5.75 Å². The molecule has 1 saturated heterocycles. The molecule has 26 heavy (non-hydrogen) atoms. The fourth-order valence-corrected chi connectivity index (χ4v) is 3.73. The largest absolute Gasteiger partial charge is 0.490 e. The molecule has 2 fully saturated rings. The Labute approximate surface area is 156 Å². The second-order valence-electron chi connectivity index (χ2n) is 7.57. The molecule has 5 heteroatoms. The summed E-state index contributed by atoms with van der Waals surface area (Å²) in [6.07, 6.45) is 6.76. The number of carbonyl (C=O) groups is 1. The van der Waals surface area contributed by atoms with E-state index in [1.54, 1.807) is 0 Å². The van der Waals surface area contributed by atoms with Crippen molar-refractivity contribution in [3.8, 4) is 5.75 Å². The van der Waals surface area contributed by atoms with Crippen LogP contribution in [0, 0.1) is 0 Å². The van der Waals surface area contributed by atoms with Gasteiger partial charge in [-0.15, -0.1) is 0 Å². The molecule has 0 spiro atoms. The van der Waals surface area contributed by atoms with Crippen LogP contribution in [-0.4, -0.2) is 43.5 Å². The van der Waals surface area contributed by atoms with Crippen LogP contribution < -0.4 is 10.1 Å². The zero-order valence-electron chi connectivity index (χ0n) is 15.9. The normalized spacial score (nSPS) is 26.0. The number of nitrogens with one attached hydrogen (secondary N) is 1. The molecule has 0 radical (unpaired) electrons. The van der Waals surface area contributed by atoms with Gasteiger partial charge in [0, 0.05) is 12.6 Å². The Morgan fingerprint density at radius 2 is 1.96 bits per heavy atom. The molecule has 1 aromatic carbocycles. The maximum Gasteiger partial charge on any atom is 0.255 e. The highest BCUT2D eigenvalue weighted by Crippen LogP contribution is 2.24. The number of hydrogen-bond donors (Lipinski definition) is 1. The molecule has 1 aliphatic carbocycles. The standard InChI is InChI=1S/C21H31NO4/c1-15(2)26-17-11-9-16(10-12-17)22-21(23)19-7-3-4-8-20(19)25-14-18-6-5-13-24-18/h3-4,7-8,15-18H,5-6,9-14H2,1-2H3,(H,22,23). The van der Waals surface area contributed by atoms with Gasteiger partial charge in [-0.2, -0.15) is 0 Å². The lowest BCUT2D eigenvalue weighted by Crippen LogP contribution is -2.39. The van der Waals surface area contributed by atoms with Gasteiger partial charge in [-0.05, 0) is 64.5 Å². The number of rotatable bonds is 7. The molecule has 1 atom stereocenters. The molecule has 1 saturated carbocycles. The Hall–Kier alpha value is -1.59. The lowest BCUT2D eigenvalue weighted by Gasteiger charge is -2.30. The van der Waals surface area contributed by atoms with Crippen molar-refractivity contribution in [2.24, 2.45) is 0 Å². The molecule has 0 aromatic heterocycles. The van der Waals surface area contributed by atoms with Crippen molar-refractivity contribution in [3.63, 3.8) is 0 Å². The van der Waals surface area contributed by atoms with Crippen LogP contribution in [0.25, 0.3) is 0 Å². The summed E-state index contributed by atoms with van der Waals surface area (Å²) in [5, 5.41) is 3.17. The summed E-state index contributed by atoms with van der Waals surface area (Å²) in [5.74, 6) is 0.582. The molecular formula is C21H31NO4. The molecule has 2 aliphatic rings. The average molecular weight is 361 g/mol. The molecule has 1 N–H and O–H groups in total. The second-order valence-corrected chi connectivity index (χ2v) is 7.57. The summed E-state index contributed by atoms with van der Waals surface area (Å²) in [6, 6.07) is 7.67. The first-order chi connectivity index (χ1) is 12.6. The Morgan fingerprint density at radius 1 is 1.19 bits per heavy atom. The predicted molar refractivity (Wildman–Crippen MR) is 101 cm³/mol. The topological polar surface area (TPSA) is 56.8 Å². The Morgan fingerprint density at radius 3 is 2.65 bits per heavy atom. The molecule has 0 bridgehead atoms. The monoisotopic (exact) mass is 361 g/mol. The number of benzene rings is 1. The van der Waals surface area contributed by atoms with Crippen molar-refractivity contribution >= 4 is 5.91 Å². The van der Waals surface area contributed by atoms with Gasteiger partial charge in [0.15, 0.2) is 0 Å². The Balaban J connectivity index is 1.51. The Kier molecular flexibility index (Phi) is 6.92. The zero-order chi connectivity index (χ0) is 18.4. The van der Waals surface area contributed by atoms with E-state index in [0.29, 0.717) is 24.0 Å². The number of hydrogen-bond acceptors (Lipinski definition) is 4. The van der Waals surface area contributed by atoms with Crippen LogP contribution in [0.1, 0.15) is 62.7 Å². The summed E-state index contributed by atoms with van der Waals surface area (Å²) < 4.78 is 17.4. The lowest BCUT2D eigenvalue weighted by molar-refractivity contribution is -0.0159. The van der Waals surface area contributed by atoms with Crippen molar-refractivity contribution in [2.45, 2.75) is 76.7 Å². The third kappa shape index (κ3) is 5.45. The quantitative estimate of drug-likeness (QED) is 0.804. The summed E-state index contributed by atoms with van der Waals surface area (Å²) in [7, 11) is 0. The van der Waals surface area contributed by atoms with Gasteiger partial charge >= 0.3 is 0 Å². The van der Waals surface area contributed by atoms with Crippen molar-refractivity contribution in [1.82, 2.24) is 5.32 Å². The van der Waals surface area contributed by atoms with E-state index in [0.717, 1.165) is 45.1 Å². The van der Waals surface area contributed by atoms with Gasteiger partial charge in [-0.3, -0.25) is 4.79 Å². The first kappa shape index (κ1) is 19.2. The number of amides is 1. The van der Waals surface area contributed by atoms with E-state index in [1.807, 2.05) is 24.3 Å². The summed E-state index contributed by atoms with van der Waals surface area (Å²) >= 11 is 0. The fraction of sp³-hybridized carbons (Fsp3) is 0.667. The van der Waals surface area contributed by atoms with E-state index < -0.39 is 0 Å². The molecule has 5 nitrogen and oxygen atoms in total. The molecule has 1 aliphatic heterocycles. The maximum atomic E-state index is 12.7. The van der Waals surface area contributed by atoms with Gasteiger partial charge in [0.1, 0.15) is 12.4 Å². The fourth-order valence-electron chi connectivity index (χ4n) is 3.73. The van der Waals surface area contributed by atoms with Gasteiger partial charge in [0.25, 0.3) is 5.91 Å². The third-order valence-corrected chi connectivity index (χ3v) is 5.05. The molecule has 1 heterocycles. The highest BCUT2D eigenvalue weighted by atomic mass is 16.5. The van der Waals surface area contributed by atoms with Crippen LogP contribution in [0.4, 0.5) is 0 Å². The molecule has 3 rings (SSSR count). The maximum absolute atomic E-state index is 12.7. The van der Waals surface area contributed by atoms with Crippen molar-refractivity contribution < 1.29 is 19.0 Å². The minimum Gasteiger partial charge on any atom is -0.490 e. The molecule has 1 amide bonds. The van der Waals surface area contributed by atoms with E-state index in [9.17, 15) is 4.79 Å². The number of para-hydroxylation sites is 1. The van der Waals surface area contributed by atoms with E-state index in [1.165, 1.54) is 0 Å². The Bertz CT molecular complexity index is 575. The first-order valence-electron chi connectivity index (χ1n) is 9.91. The van der Waals surface area contributed by atoms with Crippen LogP contribution >= 0.6 is 0 Å². The average Bonchev–Trinajstić information content (AvgIpc) is 3.15.